The van der Waals surface area contributed by atoms with Gasteiger partial charge in [0.1, 0.15) is 0 Å². The minimum absolute atomic E-state index is 0.0903. The zero-order valence-electron chi connectivity index (χ0n) is 10.1. The van der Waals surface area contributed by atoms with Crippen molar-refractivity contribution >= 4 is 26.0 Å². The van der Waals surface area contributed by atoms with E-state index in [4.69, 9.17) is 10.5 Å². The topological polar surface area (TPSA) is 85.0 Å². The Hall–Kier alpha value is -1.41. The lowest BCUT2D eigenvalue weighted by Gasteiger charge is -2.20. The molecule has 0 spiro atoms. The molecule has 1 aromatic rings. The summed E-state index contributed by atoms with van der Waals surface area (Å²) in [5.74, 6) is 0. The summed E-state index contributed by atoms with van der Waals surface area (Å²) < 4.78 is 26.6. The van der Waals surface area contributed by atoms with E-state index in [0.29, 0.717) is 4.47 Å². The van der Waals surface area contributed by atoms with Crippen molar-refractivity contribution in [3.63, 3.8) is 0 Å². The molecule has 7 heteroatoms. The van der Waals surface area contributed by atoms with Gasteiger partial charge < -0.3 is 0 Å². The summed E-state index contributed by atoms with van der Waals surface area (Å²) in [6.45, 7) is 0.181. The van der Waals surface area contributed by atoms with Crippen LogP contribution in [0.25, 0.3) is 0 Å². The third kappa shape index (κ3) is 4.32. The predicted octanol–water partition coefficient (Wildman–Crippen LogP) is 2.27. The van der Waals surface area contributed by atoms with Crippen LogP contribution in [0.4, 0.5) is 0 Å². The van der Waals surface area contributed by atoms with Crippen molar-refractivity contribution in [3.05, 3.63) is 28.7 Å². The number of halogens is 1. The molecule has 1 aromatic carbocycles. The maximum absolute atomic E-state index is 12.4. The van der Waals surface area contributed by atoms with E-state index in [1.165, 1.54) is 16.4 Å². The highest BCUT2D eigenvalue weighted by Crippen LogP contribution is 2.20. The summed E-state index contributed by atoms with van der Waals surface area (Å²) in [5.41, 5.74) is 0. The molecule has 0 atom stereocenters. The molecule has 0 aliphatic rings. The zero-order chi connectivity index (χ0) is 14.3. The SMILES string of the molecule is N#CCCN(CCC#N)S(=O)(=O)c1cccc(Br)c1. The molecule has 0 heterocycles. The second-order valence-corrected chi connectivity index (χ2v) is 6.53. The Bertz CT molecular complexity index is 599. The van der Waals surface area contributed by atoms with Gasteiger partial charge in [0.25, 0.3) is 0 Å². The first-order valence-corrected chi connectivity index (χ1v) is 7.75. The van der Waals surface area contributed by atoms with E-state index in [9.17, 15) is 8.42 Å². The van der Waals surface area contributed by atoms with Gasteiger partial charge in [0.15, 0.2) is 0 Å². The average molecular weight is 342 g/mol. The second kappa shape index (κ2) is 7.25. The van der Waals surface area contributed by atoms with Crippen molar-refractivity contribution in [3.8, 4) is 12.1 Å². The molecule has 0 saturated carbocycles. The lowest BCUT2D eigenvalue weighted by atomic mass is 10.4. The van der Waals surface area contributed by atoms with Crippen LogP contribution in [-0.2, 0) is 10.0 Å². The third-order valence-electron chi connectivity index (χ3n) is 2.38. The molecule has 0 amide bonds. The Morgan fingerprint density at radius 1 is 1.16 bits per heavy atom. The van der Waals surface area contributed by atoms with Gasteiger partial charge in [-0.2, -0.15) is 14.8 Å². The number of nitrogens with zero attached hydrogens (tertiary/aromatic N) is 3. The van der Waals surface area contributed by atoms with E-state index in [0.717, 1.165) is 0 Å². The molecule has 0 unspecified atom stereocenters. The molecular formula is C12H12BrN3O2S. The maximum Gasteiger partial charge on any atom is 0.243 e. The second-order valence-electron chi connectivity index (χ2n) is 3.68. The predicted molar refractivity (Wildman–Crippen MR) is 73.4 cm³/mol. The monoisotopic (exact) mass is 341 g/mol. The normalized spacial score (nSPS) is 10.9. The smallest absolute Gasteiger partial charge is 0.207 e. The number of hydrogen-bond donors (Lipinski definition) is 0. The molecule has 0 aliphatic carbocycles. The quantitative estimate of drug-likeness (QED) is 0.794. The average Bonchev–Trinajstić information content (AvgIpc) is 2.38. The highest BCUT2D eigenvalue weighted by atomic mass is 79.9. The summed E-state index contributed by atoms with van der Waals surface area (Å²) in [7, 11) is -3.67. The highest BCUT2D eigenvalue weighted by molar-refractivity contribution is 9.10. The molecule has 100 valence electrons. The zero-order valence-corrected chi connectivity index (χ0v) is 12.5. The van der Waals surface area contributed by atoms with Crippen LogP contribution in [0.5, 0.6) is 0 Å². The molecular weight excluding hydrogens is 330 g/mol. The minimum atomic E-state index is -3.67. The Balaban J connectivity index is 3.05. The molecule has 1 rings (SSSR count). The molecule has 0 radical (unpaired) electrons. The van der Waals surface area contributed by atoms with Gasteiger partial charge in [-0.1, -0.05) is 22.0 Å². The van der Waals surface area contributed by atoms with E-state index >= 15 is 0 Å². The number of benzene rings is 1. The third-order valence-corrected chi connectivity index (χ3v) is 4.77. The van der Waals surface area contributed by atoms with E-state index < -0.39 is 10.0 Å². The van der Waals surface area contributed by atoms with Crippen LogP contribution in [-0.4, -0.2) is 25.8 Å². The fourth-order valence-corrected chi connectivity index (χ4v) is 3.52. The van der Waals surface area contributed by atoms with Crippen molar-refractivity contribution in [1.82, 2.24) is 4.31 Å². The van der Waals surface area contributed by atoms with Gasteiger partial charge >= 0.3 is 0 Å². The van der Waals surface area contributed by atoms with Gasteiger partial charge in [-0.25, -0.2) is 8.42 Å². The molecule has 5 nitrogen and oxygen atoms in total. The fraction of sp³-hybridized carbons (Fsp3) is 0.333. The van der Waals surface area contributed by atoms with Crippen molar-refractivity contribution in [2.24, 2.45) is 0 Å². The number of nitriles is 2. The molecule has 0 fully saturated rings. The lowest BCUT2D eigenvalue weighted by Crippen LogP contribution is -2.32. The van der Waals surface area contributed by atoms with E-state index in [1.54, 1.807) is 12.1 Å². The van der Waals surface area contributed by atoms with Crippen molar-refractivity contribution in [2.45, 2.75) is 17.7 Å². The standard InChI is InChI=1S/C12H12BrN3O2S/c13-11-4-1-5-12(10-11)19(17,18)16(8-2-6-14)9-3-7-15/h1,4-5,10H,2-3,8-9H2. The summed E-state index contributed by atoms with van der Waals surface area (Å²) >= 11 is 3.22. The van der Waals surface area contributed by atoms with E-state index in [2.05, 4.69) is 15.9 Å². The van der Waals surface area contributed by atoms with Crippen molar-refractivity contribution in [2.75, 3.05) is 13.1 Å². The van der Waals surface area contributed by atoms with Crippen molar-refractivity contribution < 1.29 is 8.42 Å². The fourth-order valence-electron chi connectivity index (χ4n) is 1.48. The van der Waals surface area contributed by atoms with E-state index in [1.807, 2.05) is 12.1 Å². The molecule has 0 aliphatic heterocycles. The van der Waals surface area contributed by atoms with Crippen LogP contribution in [0, 0.1) is 22.7 Å². The molecule has 0 saturated heterocycles. The van der Waals surface area contributed by atoms with Gasteiger partial charge in [-0.15, -0.1) is 0 Å². The summed E-state index contributed by atoms with van der Waals surface area (Å²) in [5, 5.41) is 17.2. The van der Waals surface area contributed by atoms with Gasteiger partial charge in [0.2, 0.25) is 10.0 Å². The number of hydrogen-bond acceptors (Lipinski definition) is 4. The highest BCUT2D eigenvalue weighted by Gasteiger charge is 2.23. The van der Waals surface area contributed by atoms with Crippen LogP contribution >= 0.6 is 15.9 Å². The first-order valence-electron chi connectivity index (χ1n) is 5.52. The van der Waals surface area contributed by atoms with E-state index in [-0.39, 0.29) is 30.8 Å². The molecule has 0 bridgehead atoms. The van der Waals surface area contributed by atoms with Crippen LogP contribution in [0.1, 0.15) is 12.8 Å². The lowest BCUT2D eigenvalue weighted by molar-refractivity contribution is 0.425. The largest absolute Gasteiger partial charge is 0.243 e. The van der Waals surface area contributed by atoms with Crippen LogP contribution in [0.15, 0.2) is 33.6 Å². The van der Waals surface area contributed by atoms with Gasteiger partial charge in [0, 0.05) is 30.4 Å². The molecule has 19 heavy (non-hydrogen) atoms. The Labute approximate surface area is 121 Å². The molecule has 0 N–H and O–H groups in total. The Kier molecular flexibility index (Phi) is 5.97. The number of rotatable bonds is 6. The summed E-state index contributed by atoms with van der Waals surface area (Å²) in [6.07, 6.45) is 0.192. The Morgan fingerprint density at radius 3 is 2.21 bits per heavy atom. The van der Waals surface area contributed by atoms with Crippen LogP contribution in [0.3, 0.4) is 0 Å². The van der Waals surface area contributed by atoms with Crippen molar-refractivity contribution in [1.29, 1.82) is 10.5 Å². The van der Waals surface area contributed by atoms with Gasteiger partial charge in [0.05, 0.1) is 17.0 Å². The maximum atomic E-state index is 12.4. The summed E-state index contributed by atoms with van der Waals surface area (Å²) in [4.78, 5) is 0.151. The first-order chi connectivity index (χ1) is 9.02. The summed E-state index contributed by atoms with van der Waals surface area (Å²) in [6, 6.07) is 10.2. The number of sulfonamides is 1. The van der Waals surface area contributed by atoms with Gasteiger partial charge in [-0.05, 0) is 18.2 Å². The van der Waals surface area contributed by atoms with Gasteiger partial charge in [-0.3, -0.25) is 0 Å². The van der Waals surface area contributed by atoms with Crippen LogP contribution in [0.2, 0.25) is 0 Å². The Morgan fingerprint density at radius 2 is 1.74 bits per heavy atom. The first kappa shape index (κ1) is 15.6. The van der Waals surface area contributed by atoms with Crippen LogP contribution < -0.4 is 0 Å². The minimum Gasteiger partial charge on any atom is -0.207 e. The molecule has 0 aromatic heterocycles.